The number of carbonyl (C=O) groups is 3. The van der Waals surface area contributed by atoms with Crippen molar-refractivity contribution in [2.24, 2.45) is 5.92 Å². The zero-order valence-electron chi connectivity index (χ0n) is 20.2. The summed E-state index contributed by atoms with van der Waals surface area (Å²) in [6.45, 7) is 2.88. The maximum atomic E-state index is 13.0. The van der Waals surface area contributed by atoms with E-state index in [0.29, 0.717) is 19.5 Å². The molecule has 35 heavy (non-hydrogen) atoms. The Morgan fingerprint density at radius 2 is 1.63 bits per heavy atom. The fraction of sp³-hybridized carbons (Fsp3) is 0.444. The van der Waals surface area contributed by atoms with Crippen molar-refractivity contribution in [2.45, 2.75) is 37.7 Å². The lowest BCUT2D eigenvalue weighted by Gasteiger charge is -2.39. The second kappa shape index (κ2) is 10.5. The Kier molecular flexibility index (Phi) is 7.40. The van der Waals surface area contributed by atoms with Gasteiger partial charge in [-0.3, -0.25) is 4.79 Å². The van der Waals surface area contributed by atoms with Crippen molar-refractivity contribution in [3.63, 3.8) is 0 Å². The molecule has 1 saturated heterocycles. The van der Waals surface area contributed by atoms with Crippen molar-refractivity contribution in [1.82, 2.24) is 10.2 Å². The van der Waals surface area contributed by atoms with Crippen molar-refractivity contribution in [2.75, 3.05) is 33.4 Å². The average Bonchev–Trinajstić information content (AvgIpc) is 3.21. The molecule has 1 aliphatic carbocycles. The van der Waals surface area contributed by atoms with E-state index in [4.69, 9.17) is 9.47 Å². The zero-order valence-corrected chi connectivity index (χ0v) is 20.2. The van der Waals surface area contributed by atoms with Gasteiger partial charge >= 0.3 is 12.1 Å². The van der Waals surface area contributed by atoms with Gasteiger partial charge in [-0.15, -0.1) is 0 Å². The summed E-state index contributed by atoms with van der Waals surface area (Å²) >= 11 is 0. The van der Waals surface area contributed by atoms with E-state index in [2.05, 4.69) is 29.6 Å². The van der Waals surface area contributed by atoms with Crippen molar-refractivity contribution >= 4 is 18.0 Å². The van der Waals surface area contributed by atoms with Gasteiger partial charge < -0.3 is 24.8 Å². The molecule has 0 aromatic heterocycles. The number of rotatable bonds is 8. The Hall–Kier alpha value is -3.39. The first-order chi connectivity index (χ1) is 16.9. The lowest BCUT2D eigenvalue weighted by Crippen LogP contribution is -2.53. The first-order valence-electron chi connectivity index (χ1n) is 12.1. The number of aliphatic carboxylic acids is 1. The molecule has 1 unspecified atom stereocenters. The monoisotopic (exact) mass is 480 g/mol. The van der Waals surface area contributed by atoms with Crippen LogP contribution in [-0.4, -0.2) is 66.9 Å². The fourth-order valence-corrected chi connectivity index (χ4v) is 5.11. The molecule has 0 radical (unpaired) electrons. The molecule has 1 fully saturated rings. The van der Waals surface area contributed by atoms with Crippen LogP contribution in [0.1, 0.15) is 43.2 Å². The number of piperidine rings is 1. The molecule has 4 rings (SSSR count). The molecule has 2 amide bonds. The largest absolute Gasteiger partial charge is 0.479 e. The number of alkyl carbamates (subject to hydrolysis) is 1. The van der Waals surface area contributed by atoms with Crippen LogP contribution in [0.2, 0.25) is 0 Å². The number of carboxylic acid groups (broad SMARTS) is 1. The van der Waals surface area contributed by atoms with Crippen molar-refractivity contribution in [3.8, 4) is 11.1 Å². The molecular weight excluding hydrogens is 448 g/mol. The molecule has 186 valence electrons. The van der Waals surface area contributed by atoms with Crippen LogP contribution in [-0.2, 0) is 19.1 Å². The highest BCUT2D eigenvalue weighted by Crippen LogP contribution is 2.44. The van der Waals surface area contributed by atoms with E-state index in [0.717, 1.165) is 22.3 Å². The third kappa shape index (κ3) is 4.89. The number of amides is 2. The number of likely N-dealkylation sites (tertiary alicyclic amines) is 1. The number of methoxy groups -OCH3 is 1. The van der Waals surface area contributed by atoms with Crippen LogP contribution in [0.4, 0.5) is 4.79 Å². The van der Waals surface area contributed by atoms with Gasteiger partial charge in [-0.2, -0.15) is 0 Å². The van der Waals surface area contributed by atoms with Crippen LogP contribution < -0.4 is 5.32 Å². The van der Waals surface area contributed by atoms with Crippen LogP contribution in [0, 0.1) is 5.92 Å². The summed E-state index contributed by atoms with van der Waals surface area (Å²) in [5.74, 6) is -1.53. The van der Waals surface area contributed by atoms with Crippen LogP contribution in [0.3, 0.4) is 0 Å². The fourth-order valence-electron chi connectivity index (χ4n) is 5.11. The lowest BCUT2D eigenvalue weighted by molar-refractivity contribution is -0.170. The third-order valence-electron chi connectivity index (χ3n) is 7.34. The second-order valence-electron chi connectivity index (χ2n) is 9.14. The minimum Gasteiger partial charge on any atom is -0.479 e. The summed E-state index contributed by atoms with van der Waals surface area (Å²) in [4.78, 5) is 38.7. The van der Waals surface area contributed by atoms with Crippen LogP contribution in [0.25, 0.3) is 11.1 Å². The molecule has 2 aromatic rings. The predicted octanol–water partition coefficient (Wildman–Crippen LogP) is 3.64. The number of ether oxygens (including phenoxy) is 2. The minimum absolute atomic E-state index is 0.0274. The van der Waals surface area contributed by atoms with E-state index in [1.54, 1.807) is 4.90 Å². The van der Waals surface area contributed by atoms with E-state index in [-0.39, 0.29) is 37.8 Å². The molecule has 8 nitrogen and oxygen atoms in total. The van der Waals surface area contributed by atoms with E-state index in [9.17, 15) is 19.5 Å². The molecule has 0 bridgehead atoms. The normalized spacial score (nSPS) is 17.3. The maximum absolute atomic E-state index is 13.0. The number of benzene rings is 2. The number of hydrogen-bond donors (Lipinski definition) is 2. The van der Waals surface area contributed by atoms with Gasteiger partial charge in [0.2, 0.25) is 5.91 Å². The highest BCUT2D eigenvalue weighted by Gasteiger charge is 2.43. The second-order valence-corrected chi connectivity index (χ2v) is 9.14. The summed E-state index contributed by atoms with van der Waals surface area (Å²) < 4.78 is 10.8. The van der Waals surface area contributed by atoms with E-state index in [1.807, 2.05) is 31.2 Å². The summed E-state index contributed by atoms with van der Waals surface area (Å²) in [5, 5.41) is 12.2. The van der Waals surface area contributed by atoms with Gasteiger partial charge in [-0.05, 0) is 28.7 Å². The Bertz CT molecular complexity index is 1050. The molecule has 2 aliphatic rings. The highest BCUT2D eigenvalue weighted by atomic mass is 16.5. The molecule has 0 spiro atoms. The SMILES string of the molecule is CCC(CNC(=O)OCC1c2ccccc2-c2ccccc21)C(=O)N1CCC(OC)(C(=O)O)CC1. The summed E-state index contributed by atoms with van der Waals surface area (Å²) in [5.41, 5.74) is 3.37. The first-order valence-corrected chi connectivity index (χ1v) is 12.1. The maximum Gasteiger partial charge on any atom is 0.407 e. The molecule has 2 aromatic carbocycles. The molecule has 2 N–H and O–H groups in total. The number of carboxylic acids is 1. The third-order valence-corrected chi connectivity index (χ3v) is 7.34. The smallest absolute Gasteiger partial charge is 0.407 e. The standard InChI is InChI=1S/C27H32N2O6/c1-3-18(24(30)29-14-12-27(34-2,13-15-29)25(31)32)16-28-26(33)35-17-23-21-10-6-4-8-19(21)20-9-5-7-11-22(20)23/h4-11,18,23H,3,12-17H2,1-2H3,(H,28,33)(H,31,32). The average molecular weight is 481 g/mol. The number of fused-ring (bicyclic) bond motifs is 3. The molecule has 8 heteroatoms. The van der Waals surface area contributed by atoms with Crippen LogP contribution >= 0.6 is 0 Å². The van der Waals surface area contributed by atoms with Gasteiger partial charge in [0.05, 0.1) is 5.92 Å². The molecule has 1 aliphatic heterocycles. The van der Waals surface area contributed by atoms with Gasteiger partial charge in [0.25, 0.3) is 0 Å². The Morgan fingerprint density at radius 3 is 2.14 bits per heavy atom. The van der Waals surface area contributed by atoms with Crippen LogP contribution in [0.5, 0.6) is 0 Å². The number of hydrogen-bond acceptors (Lipinski definition) is 5. The van der Waals surface area contributed by atoms with Crippen molar-refractivity contribution in [1.29, 1.82) is 0 Å². The quantitative estimate of drug-likeness (QED) is 0.598. The van der Waals surface area contributed by atoms with Gasteiger partial charge in [-0.25, -0.2) is 9.59 Å². The summed E-state index contributed by atoms with van der Waals surface area (Å²) in [6.07, 6.45) is 0.468. The number of nitrogens with one attached hydrogen (secondary N) is 1. The van der Waals surface area contributed by atoms with E-state index >= 15 is 0 Å². The van der Waals surface area contributed by atoms with Gasteiger partial charge in [0.15, 0.2) is 5.60 Å². The van der Waals surface area contributed by atoms with E-state index in [1.165, 1.54) is 7.11 Å². The summed E-state index contributed by atoms with van der Waals surface area (Å²) in [6, 6.07) is 16.3. The van der Waals surface area contributed by atoms with Gasteiger partial charge in [-0.1, -0.05) is 55.5 Å². The van der Waals surface area contributed by atoms with Gasteiger partial charge in [0.1, 0.15) is 6.61 Å². The Balaban J connectivity index is 1.30. The molecule has 1 heterocycles. The van der Waals surface area contributed by atoms with Crippen molar-refractivity contribution in [3.05, 3.63) is 59.7 Å². The Labute approximate surface area is 205 Å². The van der Waals surface area contributed by atoms with Crippen molar-refractivity contribution < 1.29 is 29.0 Å². The predicted molar refractivity (Wildman–Crippen MR) is 130 cm³/mol. The number of carbonyl (C=O) groups excluding carboxylic acids is 2. The number of nitrogens with zero attached hydrogens (tertiary/aromatic N) is 1. The molecule has 0 saturated carbocycles. The molecule has 1 atom stereocenters. The van der Waals surface area contributed by atoms with Crippen LogP contribution in [0.15, 0.2) is 48.5 Å². The van der Waals surface area contributed by atoms with E-state index < -0.39 is 23.6 Å². The highest BCUT2D eigenvalue weighted by molar-refractivity contribution is 5.82. The minimum atomic E-state index is -1.24. The molecular formula is C27H32N2O6. The Morgan fingerprint density at radius 1 is 1.06 bits per heavy atom. The topological polar surface area (TPSA) is 105 Å². The zero-order chi connectivity index (χ0) is 25.0. The lowest BCUT2D eigenvalue weighted by atomic mass is 9.90. The first kappa shape index (κ1) is 24.7. The summed E-state index contributed by atoms with van der Waals surface area (Å²) in [7, 11) is 1.39. The van der Waals surface area contributed by atoms with Gasteiger partial charge in [0, 0.05) is 45.5 Å².